The third-order valence-electron chi connectivity index (χ3n) is 1.74. The van der Waals surface area contributed by atoms with Crippen LogP contribution in [0.15, 0.2) is 4.99 Å². The topological polar surface area (TPSA) is 67.5 Å². The molecular weight excluding hydrogens is 222 g/mol. The first-order chi connectivity index (χ1) is 7.02. The normalized spacial score (nSPS) is 16.0. The third kappa shape index (κ3) is 7.68. The summed E-state index contributed by atoms with van der Waals surface area (Å²) < 4.78 is 11.5. The van der Waals surface area contributed by atoms with E-state index >= 15 is 0 Å². The van der Waals surface area contributed by atoms with Crippen molar-refractivity contribution < 1.29 is 4.21 Å². The Kier molecular flexibility index (Phi) is 5.46. The Bertz CT molecular complexity index is 274. The molecule has 0 heterocycles. The third-order valence-corrected chi connectivity index (χ3v) is 3.66. The molecule has 0 bridgehead atoms. The van der Waals surface area contributed by atoms with Crippen molar-refractivity contribution >= 4 is 16.8 Å². The van der Waals surface area contributed by atoms with Crippen molar-refractivity contribution in [2.45, 2.75) is 51.8 Å². The summed E-state index contributed by atoms with van der Waals surface area (Å²) in [5.41, 5.74) is 5.61. The lowest BCUT2D eigenvalue weighted by Gasteiger charge is -2.21. The molecule has 0 aromatic heterocycles. The minimum Gasteiger partial charge on any atom is -0.370 e. The van der Waals surface area contributed by atoms with Gasteiger partial charge in [0.25, 0.3) is 0 Å². The fraction of sp³-hybridized carbons (Fsp3) is 0.909. The van der Waals surface area contributed by atoms with E-state index in [2.05, 4.69) is 10.3 Å². The molecule has 0 amide bonds. The molecule has 0 saturated carbocycles. The van der Waals surface area contributed by atoms with Crippen molar-refractivity contribution in [2.75, 3.05) is 12.3 Å². The highest BCUT2D eigenvalue weighted by Crippen LogP contribution is 2.10. The van der Waals surface area contributed by atoms with Crippen molar-refractivity contribution in [2.24, 2.45) is 10.7 Å². The summed E-state index contributed by atoms with van der Waals surface area (Å²) in [5.74, 6) is 0.967. The molecule has 16 heavy (non-hydrogen) atoms. The van der Waals surface area contributed by atoms with Gasteiger partial charge in [0.1, 0.15) is 0 Å². The average molecular weight is 247 g/mol. The van der Waals surface area contributed by atoms with Crippen LogP contribution in [0, 0.1) is 0 Å². The monoisotopic (exact) mass is 247 g/mol. The summed E-state index contributed by atoms with van der Waals surface area (Å²) in [7, 11) is -0.867. The second-order valence-electron chi connectivity index (χ2n) is 5.80. The van der Waals surface area contributed by atoms with Gasteiger partial charge in [0.2, 0.25) is 0 Å². The summed E-state index contributed by atoms with van der Waals surface area (Å²) in [6.07, 6.45) is 0. The number of nitrogens with zero attached hydrogens (tertiary/aromatic N) is 1. The van der Waals surface area contributed by atoms with Gasteiger partial charge in [0.15, 0.2) is 5.96 Å². The average Bonchev–Trinajstić information content (AvgIpc) is 1.98. The number of rotatable bonds is 3. The van der Waals surface area contributed by atoms with Crippen molar-refractivity contribution in [3.05, 3.63) is 0 Å². The van der Waals surface area contributed by atoms with Crippen LogP contribution in [0.5, 0.6) is 0 Å². The highest BCUT2D eigenvalue weighted by molar-refractivity contribution is 7.86. The van der Waals surface area contributed by atoms with E-state index in [1.807, 2.05) is 41.5 Å². The Morgan fingerprint density at radius 1 is 1.25 bits per heavy atom. The Labute approximate surface area is 102 Å². The van der Waals surface area contributed by atoms with Crippen molar-refractivity contribution in [1.82, 2.24) is 5.32 Å². The van der Waals surface area contributed by atoms with Crippen LogP contribution >= 0.6 is 0 Å². The van der Waals surface area contributed by atoms with E-state index in [-0.39, 0.29) is 10.3 Å². The number of nitrogens with one attached hydrogen (secondary N) is 1. The zero-order valence-corrected chi connectivity index (χ0v) is 12.1. The van der Waals surface area contributed by atoms with E-state index in [0.717, 1.165) is 0 Å². The van der Waals surface area contributed by atoms with Gasteiger partial charge in [-0.25, -0.2) is 0 Å². The standard InChI is InChI=1S/C11H25N3OS/c1-10(2,3)14-9(12)13-7-8-16(15)11(4,5)6/h7-8H2,1-6H3,(H3,12,13,14). The molecule has 0 fully saturated rings. The van der Waals surface area contributed by atoms with Crippen molar-refractivity contribution in [3.8, 4) is 0 Å². The zero-order chi connectivity index (χ0) is 13.0. The maximum Gasteiger partial charge on any atom is 0.189 e. The number of nitrogens with two attached hydrogens (primary N) is 1. The summed E-state index contributed by atoms with van der Waals surface area (Å²) >= 11 is 0. The van der Waals surface area contributed by atoms with E-state index in [1.54, 1.807) is 0 Å². The number of aliphatic imine (C=N–C) groups is 1. The van der Waals surface area contributed by atoms with Gasteiger partial charge in [0.05, 0.1) is 6.54 Å². The Hall–Kier alpha value is -0.580. The predicted molar refractivity (Wildman–Crippen MR) is 72.1 cm³/mol. The first-order valence-electron chi connectivity index (χ1n) is 5.49. The van der Waals surface area contributed by atoms with Crippen LogP contribution in [0.2, 0.25) is 0 Å². The van der Waals surface area contributed by atoms with Gasteiger partial charge in [-0.2, -0.15) is 0 Å². The van der Waals surface area contributed by atoms with Gasteiger partial charge < -0.3 is 11.1 Å². The van der Waals surface area contributed by atoms with Gasteiger partial charge >= 0.3 is 0 Å². The number of guanidine groups is 1. The molecule has 0 spiro atoms. The first-order valence-corrected chi connectivity index (χ1v) is 6.81. The summed E-state index contributed by atoms with van der Waals surface area (Å²) in [4.78, 5) is 4.15. The highest BCUT2D eigenvalue weighted by atomic mass is 32.2. The molecule has 0 saturated heterocycles. The fourth-order valence-electron chi connectivity index (χ4n) is 0.979. The Balaban J connectivity index is 4.07. The number of hydrogen-bond acceptors (Lipinski definition) is 2. The second-order valence-corrected chi connectivity index (χ2v) is 8.13. The van der Waals surface area contributed by atoms with Crippen LogP contribution in [0.4, 0.5) is 0 Å². The molecule has 0 radical (unpaired) electrons. The lowest BCUT2D eigenvalue weighted by atomic mass is 10.1. The predicted octanol–water partition coefficient (Wildman–Crippen LogP) is 1.24. The van der Waals surface area contributed by atoms with Crippen LogP contribution in [-0.4, -0.2) is 32.8 Å². The molecule has 0 aliphatic rings. The second kappa shape index (κ2) is 5.66. The van der Waals surface area contributed by atoms with Crippen LogP contribution in [0.3, 0.4) is 0 Å². The van der Waals surface area contributed by atoms with Gasteiger partial charge in [-0.15, -0.1) is 0 Å². The smallest absolute Gasteiger partial charge is 0.189 e. The summed E-state index contributed by atoms with van der Waals surface area (Å²) in [6.45, 7) is 12.4. The maximum atomic E-state index is 11.7. The van der Waals surface area contributed by atoms with Gasteiger partial charge in [-0.05, 0) is 41.5 Å². The van der Waals surface area contributed by atoms with E-state index in [1.165, 1.54) is 0 Å². The van der Waals surface area contributed by atoms with Crippen LogP contribution in [0.25, 0.3) is 0 Å². The maximum absolute atomic E-state index is 11.7. The molecule has 0 aliphatic carbocycles. The minimum atomic E-state index is -0.867. The highest BCUT2D eigenvalue weighted by Gasteiger charge is 2.18. The molecule has 96 valence electrons. The first kappa shape index (κ1) is 15.4. The van der Waals surface area contributed by atoms with E-state index < -0.39 is 10.8 Å². The molecule has 0 rings (SSSR count). The Morgan fingerprint density at radius 3 is 2.12 bits per heavy atom. The molecule has 1 unspecified atom stereocenters. The van der Waals surface area contributed by atoms with Crippen molar-refractivity contribution in [3.63, 3.8) is 0 Å². The summed E-state index contributed by atoms with van der Waals surface area (Å²) in [5, 5.41) is 3.06. The van der Waals surface area contributed by atoms with E-state index in [0.29, 0.717) is 18.3 Å². The fourth-order valence-corrected chi connectivity index (χ4v) is 1.85. The molecular formula is C11H25N3OS. The SMILES string of the molecule is CC(C)(C)NC(N)=NCCS(=O)C(C)(C)C. The summed E-state index contributed by atoms with van der Waals surface area (Å²) in [6, 6.07) is 0. The molecule has 1 atom stereocenters. The molecule has 0 aromatic carbocycles. The molecule has 0 aliphatic heterocycles. The van der Waals surface area contributed by atoms with Gasteiger partial charge in [0, 0.05) is 26.8 Å². The quantitative estimate of drug-likeness (QED) is 0.582. The molecule has 0 aromatic rings. The van der Waals surface area contributed by atoms with Crippen LogP contribution < -0.4 is 11.1 Å². The Morgan fingerprint density at radius 2 is 1.75 bits per heavy atom. The van der Waals surface area contributed by atoms with Crippen LogP contribution in [-0.2, 0) is 10.8 Å². The number of hydrogen-bond donors (Lipinski definition) is 2. The lowest BCUT2D eigenvalue weighted by molar-refractivity contribution is 0.508. The van der Waals surface area contributed by atoms with E-state index in [4.69, 9.17) is 5.73 Å². The minimum absolute atomic E-state index is 0.0865. The largest absolute Gasteiger partial charge is 0.370 e. The zero-order valence-electron chi connectivity index (χ0n) is 11.3. The van der Waals surface area contributed by atoms with Gasteiger partial charge in [-0.3, -0.25) is 9.20 Å². The molecule has 3 N–H and O–H groups in total. The molecule has 4 nitrogen and oxygen atoms in total. The van der Waals surface area contributed by atoms with Crippen molar-refractivity contribution in [1.29, 1.82) is 0 Å². The van der Waals surface area contributed by atoms with Crippen LogP contribution in [0.1, 0.15) is 41.5 Å². The molecule has 5 heteroatoms. The van der Waals surface area contributed by atoms with Gasteiger partial charge in [-0.1, -0.05) is 0 Å². The lowest BCUT2D eigenvalue weighted by Crippen LogP contribution is -2.45. The van der Waals surface area contributed by atoms with E-state index in [9.17, 15) is 4.21 Å².